The largest absolute Gasteiger partial charge is 0.489 e. The summed E-state index contributed by atoms with van der Waals surface area (Å²) < 4.78 is 5.85. The Kier molecular flexibility index (Phi) is 7.83. The van der Waals surface area contributed by atoms with Crippen LogP contribution >= 0.6 is 11.6 Å². The summed E-state index contributed by atoms with van der Waals surface area (Å²) in [5.74, 6) is -1.09. The lowest BCUT2D eigenvalue weighted by molar-refractivity contribution is -0.143. The number of carboxylic acids is 1. The van der Waals surface area contributed by atoms with Crippen molar-refractivity contribution in [3.63, 3.8) is 0 Å². The monoisotopic (exact) mass is 445 g/mol. The second kappa shape index (κ2) is 10.8. The van der Waals surface area contributed by atoms with Crippen molar-refractivity contribution in [2.24, 2.45) is 5.92 Å². The maximum Gasteiger partial charge on any atom is 0.306 e. The highest BCUT2D eigenvalue weighted by atomic mass is 35.5. The number of carbonyl (C=O) groups excluding carboxylic acids is 2. The van der Waals surface area contributed by atoms with Gasteiger partial charge in [-0.3, -0.25) is 14.4 Å². The molecule has 0 unspecified atom stereocenters. The molecule has 3 N–H and O–H groups in total. The van der Waals surface area contributed by atoms with Gasteiger partial charge in [0.1, 0.15) is 11.4 Å². The first kappa shape index (κ1) is 22.6. The number of hydrogen-bond acceptors (Lipinski definition) is 5. The van der Waals surface area contributed by atoms with Gasteiger partial charge in [0.05, 0.1) is 18.2 Å². The summed E-state index contributed by atoms with van der Waals surface area (Å²) in [4.78, 5) is 39.3. The number of nitrogens with one attached hydrogen (secondary N) is 2. The summed E-state index contributed by atoms with van der Waals surface area (Å²) in [5, 5.41) is 15.0. The van der Waals surface area contributed by atoms with Crippen molar-refractivity contribution in [2.45, 2.75) is 31.8 Å². The number of ether oxygens (including phenoxy) is 1. The Morgan fingerprint density at radius 2 is 1.61 bits per heavy atom. The lowest BCUT2D eigenvalue weighted by Gasteiger charge is -2.26. The van der Waals surface area contributed by atoms with E-state index in [4.69, 9.17) is 21.4 Å². The molecule has 31 heavy (non-hydrogen) atoms. The number of aromatic nitrogens is 1. The van der Waals surface area contributed by atoms with Gasteiger partial charge in [0, 0.05) is 23.7 Å². The first-order valence-corrected chi connectivity index (χ1v) is 10.5. The zero-order valence-corrected chi connectivity index (χ0v) is 17.6. The molecule has 0 atom stereocenters. The van der Waals surface area contributed by atoms with Gasteiger partial charge in [0.15, 0.2) is 0 Å². The minimum Gasteiger partial charge on any atom is -0.489 e. The van der Waals surface area contributed by atoms with Crippen LogP contribution in [0.1, 0.15) is 46.5 Å². The van der Waals surface area contributed by atoms with E-state index in [1.807, 2.05) is 0 Å². The summed E-state index contributed by atoms with van der Waals surface area (Å²) in [6.45, 7) is 0.526. The number of halogens is 1. The number of aliphatic carboxylic acids is 1. The van der Waals surface area contributed by atoms with Crippen molar-refractivity contribution in [3.8, 4) is 5.75 Å². The summed E-state index contributed by atoms with van der Waals surface area (Å²) in [6.07, 6.45) is 4.01. The summed E-state index contributed by atoms with van der Waals surface area (Å²) in [7, 11) is 0. The number of rotatable bonds is 8. The van der Waals surface area contributed by atoms with E-state index in [1.165, 1.54) is 6.20 Å². The second-order valence-electron chi connectivity index (χ2n) is 7.33. The van der Waals surface area contributed by atoms with Crippen molar-refractivity contribution >= 4 is 29.4 Å². The van der Waals surface area contributed by atoms with Crippen LogP contribution in [0.25, 0.3) is 0 Å². The molecular weight excluding hydrogens is 422 g/mol. The van der Waals surface area contributed by atoms with Crippen molar-refractivity contribution in [1.29, 1.82) is 0 Å². The van der Waals surface area contributed by atoms with E-state index in [1.54, 1.807) is 36.4 Å². The van der Waals surface area contributed by atoms with Crippen LogP contribution < -0.4 is 15.4 Å². The zero-order chi connectivity index (χ0) is 22.2. The van der Waals surface area contributed by atoms with Crippen molar-refractivity contribution < 1.29 is 24.2 Å². The van der Waals surface area contributed by atoms with Gasteiger partial charge < -0.3 is 20.5 Å². The van der Waals surface area contributed by atoms with Gasteiger partial charge in [-0.15, -0.1) is 0 Å². The van der Waals surface area contributed by atoms with Crippen LogP contribution in [-0.4, -0.2) is 47.1 Å². The Labute approximate surface area is 185 Å². The molecule has 1 fully saturated rings. The van der Waals surface area contributed by atoms with Gasteiger partial charge in [-0.2, -0.15) is 0 Å². The highest BCUT2D eigenvalue weighted by molar-refractivity contribution is 6.30. The van der Waals surface area contributed by atoms with E-state index in [0.717, 1.165) is 0 Å². The molecule has 1 aliphatic rings. The van der Waals surface area contributed by atoms with Crippen LogP contribution in [0.4, 0.5) is 0 Å². The van der Waals surface area contributed by atoms with E-state index >= 15 is 0 Å². The number of amides is 2. The molecule has 0 radical (unpaired) electrons. The lowest BCUT2D eigenvalue weighted by atomic mass is 9.87. The van der Waals surface area contributed by atoms with Crippen molar-refractivity contribution in [1.82, 2.24) is 15.6 Å². The summed E-state index contributed by atoms with van der Waals surface area (Å²) in [6, 6.07) is 9.77. The maximum absolute atomic E-state index is 12.2. The molecule has 0 spiro atoms. The molecule has 0 aliphatic heterocycles. The molecule has 1 saturated carbocycles. The second-order valence-corrected chi connectivity index (χ2v) is 7.76. The van der Waals surface area contributed by atoms with E-state index < -0.39 is 5.97 Å². The van der Waals surface area contributed by atoms with Crippen LogP contribution in [0.15, 0.2) is 42.6 Å². The van der Waals surface area contributed by atoms with Gasteiger partial charge in [0.2, 0.25) is 0 Å². The van der Waals surface area contributed by atoms with Crippen LogP contribution in [0.2, 0.25) is 5.02 Å². The van der Waals surface area contributed by atoms with Crippen LogP contribution in [0.3, 0.4) is 0 Å². The van der Waals surface area contributed by atoms with Crippen LogP contribution in [0, 0.1) is 5.92 Å². The number of pyridine rings is 1. The molecule has 3 rings (SSSR count). The third kappa shape index (κ3) is 6.68. The van der Waals surface area contributed by atoms with E-state index in [2.05, 4.69) is 15.6 Å². The summed E-state index contributed by atoms with van der Waals surface area (Å²) >= 11 is 5.80. The molecule has 1 aliphatic carbocycles. The molecule has 1 heterocycles. The van der Waals surface area contributed by atoms with Gasteiger partial charge in [-0.1, -0.05) is 11.6 Å². The molecule has 2 aromatic rings. The first-order valence-electron chi connectivity index (χ1n) is 10.1. The number of carboxylic acid groups (broad SMARTS) is 1. The topological polar surface area (TPSA) is 118 Å². The fourth-order valence-electron chi connectivity index (χ4n) is 3.35. The predicted molar refractivity (Wildman–Crippen MR) is 114 cm³/mol. The third-order valence-electron chi connectivity index (χ3n) is 5.10. The molecule has 2 amide bonds. The first-order chi connectivity index (χ1) is 14.9. The molecule has 1 aromatic carbocycles. The third-order valence-corrected chi connectivity index (χ3v) is 5.35. The molecule has 0 saturated heterocycles. The van der Waals surface area contributed by atoms with Crippen LogP contribution in [0.5, 0.6) is 5.75 Å². The van der Waals surface area contributed by atoms with Crippen molar-refractivity contribution in [3.05, 3.63) is 58.9 Å². The van der Waals surface area contributed by atoms with Gasteiger partial charge in [0.25, 0.3) is 11.8 Å². The molecule has 0 bridgehead atoms. The number of nitrogens with zero attached hydrogens (tertiary/aromatic N) is 1. The van der Waals surface area contributed by atoms with Crippen molar-refractivity contribution in [2.75, 3.05) is 13.1 Å². The fourth-order valence-corrected chi connectivity index (χ4v) is 3.48. The maximum atomic E-state index is 12.2. The van der Waals surface area contributed by atoms with E-state index in [-0.39, 0.29) is 42.6 Å². The molecule has 9 heteroatoms. The minimum absolute atomic E-state index is 0.0404. The average Bonchev–Trinajstić information content (AvgIpc) is 2.78. The quantitative estimate of drug-likeness (QED) is 0.538. The number of hydrogen-bond donors (Lipinski definition) is 3. The smallest absolute Gasteiger partial charge is 0.306 e. The van der Waals surface area contributed by atoms with Gasteiger partial charge in [-0.25, -0.2) is 4.98 Å². The van der Waals surface area contributed by atoms with Gasteiger partial charge in [-0.05, 0) is 62.1 Å². The van der Waals surface area contributed by atoms with E-state index in [9.17, 15) is 14.4 Å². The lowest BCUT2D eigenvalue weighted by Crippen LogP contribution is -2.35. The normalized spacial score (nSPS) is 18.1. The Balaban J connectivity index is 1.38. The average molecular weight is 446 g/mol. The molecule has 1 aromatic heterocycles. The molecular formula is C22H24ClN3O5. The number of carbonyl (C=O) groups is 3. The Morgan fingerprint density at radius 3 is 2.19 bits per heavy atom. The van der Waals surface area contributed by atoms with Gasteiger partial charge >= 0.3 is 5.97 Å². The summed E-state index contributed by atoms with van der Waals surface area (Å²) in [5.41, 5.74) is 0.732. The highest BCUT2D eigenvalue weighted by Crippen LogP contribution is 2.27. The molecule has 164 valence electrons. The SMILES string of the molecule is O=C(NCCNC(=O)c1ccc(OC2CCC(C(=O)O)CC2)cn1)c1ccc(Cl)cc1. The number of benzene rings is 1. The highest BCUT2D eigenvalue weighted by Gasteiger charge is 2.27. The Morgan fingerprint density at radius 1 is 0.968 bits per heavy atom. The zero-order valence-electron chi connectivity index (χ0n) is 16.8. The standard InChI is InChI=1S/C22H24ClN3O5/c23-16-5-1-14(2-6-16)20(27)24-11-12-25-21(28)19-10-9-18(13-26-19)31-17-7-3-15(4-8-17)22(29)30/h1-2,5-6,9-10,13,15,17H,3-4,7-8,11-12H2,(H,24,27)(H,25,28)(H,29,30). The van der Waals surface area contributed by atoms with Crippen LogP contribution in [-0.2, 0) is 4.79 Å². The van der Waals surface area contributed by atoms with E-state index in [0.29, 0.717) is 42.0 Å². The minimum atomic E-state index is -0.750. The molecule has 8 nitrogen and oxygen atoms in total. The fraction of sp³-hybridized carbons (Fsp3) is 0.364. The Hall–Kier alpha value is -3.13. The predicted octanol–water partition coefficient (Wildman–Crippen LogP) is 2.92. The Bertz CT molecular complexity index is 910.